The van der Waals surface area contributed by atoms with Crippen LogP contribution in [0.3, 0.4) is 0 Å². The van der Waals surface area contributed by atoms with Crippen molar-refractivity contribution >= 4 is 28.9 Å². The van der Waals surface area contributed by atoms with E-state index < -0.39 is 0 Å². The van der Waals surface area contributed by atoms with Gasteiger partial charge in [0.05, 0.1) is 25.0 Å². The fourth-order valence-electron chi connectivity index (χ4n) is 1.23. The highest BCUT2D eigenvalue weighted by molar-refractivity contribution is 6.33. The minimum Gasteiger partial charge on any atom is -0.377 e. The van der Waals surface area contributed by atoms with E-state index in [0.29, 0.717) is 30.4 Å². The molecule has 0 aliphatic heterocycles. The molecular formula is C11H16Cl2N4O. The van der Waals surface area contributed by atoms with Crippen molar-refractivity contribution in [3.8, 4) is 0 Å². The fraction of sp³-hybridized carbons (Fsp3) is 0.455. The van der Waals surface area contributed by atoms with E-state index in [1.165, 1.54) is 10.9 Å². The van der Waals surface area contributed by atoms with Gasteiger partial charge in [0.15, 0.2) is 0 Å². The second kappa shape index (κ2) is 6.78. The SMILES string of the molecule is C=C(Cl)CNc1cnn(CCN(C)C)c(=O)c1Cl. The number of nitrogens with zero attached hydrogens (tertiary/aromatic N) is 3. The van der Waals surface area contributed by atoms with E-state index in [2.05, 4.69) is 17.0 Å². The average Bonchev–Trinajstić information content (AvgIpc) is 2.29. The molecule has 0 saturated heterocycles. The molecule has 5 nitrogen and oxygen atoms in total. The first kappa shape index (κ1) is 15.0. The monoisotopic (exact) mass is 290 g/mol. The van der Waals surface area contributed by atoms with Gasteiger partial charge in [0.2, 0.25) is 0 Å². The Labute approximate surface area is 116 Å². The molecule has 0 bridgehead atoms. The summed E-state index contributed by atoms with van der Waals surface area (Å²) in [7, 11) is 3.85. The number of hydrogen-bond donors (Lipinski definition) is 1. The summed E-state index contributed by atoms with van der Waals surface area (Å²) >= 11 is 11.6. The lowest BCUT2D eigenvalue weighted by atomic mass is 10.4. The molecule has 7 heteroatoms. The molecule has 18 heavy (non-hydrogen) atoms. The van der Waals surface area contributed by atoms with Crippen LogP contribution in [-0.2, 0) is 6.54 Å². The molecule has 0 spiro atoms. The lowest BCUT2D eigenvalue weighted by molar-refractivity contribution is 0.367. The van der Waals surface area contributed by atoms with Crippen LogP contribution in [0, 0.1) is 0 Å². The summed E-state index contributed by atoms with van der Waals surface area (Å²) in [5, 5.41) is 7.49. The van der Waals surface area contributed by atoms with Gasteiger partial charge in [-0.25, -0.2) is 4.68 Å². The summed E-state index contributed by atoms with van der Waals surface area (Å²) in [5.41, 5.74) is 0.147. The number of likely N-dealkylation sites (N-methyl/N-ethyl adjacent to an activating group) is 1. The number of halogens is 2. The van der Waals surface area contributed by atoms with Crippen LogP contribution in [0.5, 0.6) is 0 Å². The maximum Gasteiger partial charge on any atom is 0.287 e. The minimum absolute atomic E-state index is 0.113. The van der Waals surface area contributed by atoms with Gasteiger partial charge >= 0.3 is 0 Å². The Morgan fingerprint density at radius 1 is 1.61 bits per heavy atom. The molecule has 1 N–H and O–H groups in total. The Morgan fingerprint density at radius 3 is 2.83 bits per heavy atom. The lowest BCUT2D eigenvalue weighted by Crippen LogP contribution is -2.29. The van der Waals surface area contributed by atoms with Gasteiger partial charge in [-0.05, 0) is 14.1 Å². The van der Waals surface area contributed by atoms with E-state index in [0.717, 1.165) is 0 Å². The second-order valence-electron chi connectivity index (χ2n) is 4.07. The highest BCUT2D eigenvalue weighted by atomic mass is 35.5. The molecule has 1 aromatic rings. The maximum atomic E-state index is 11.9. The van der Waals surface area contributed by atoms with E-state index in [9.17, 15) is 4.79 Å². The third-order valence-electron chi connectivity index (χ3n) is 2.21. The predicted molar refractivity (Wildman–Crippen MR) is 75.5 cm³/mol. The van der Waals surface area contributed by atoms with Crippen LogP contribution in [0.4, 0.5) is 5.69 Å². The van der Waals surface area contributed by atoms with E-state index in [-0.39, 0.29) is 10.6 Å². The highest BCUT2D eigenvalue weighted by Gasteiger charge is 2.09. The molecule has 0 unspecified atom stereocenters. The van der Waals surface area contributed by atoms with E-state index in [1.807, 2.05) is 19.0 Å². The van der Waals surface area contributed by atoms with Gasteiger partial charge in [-0.15, -0.1) is 0 Å². The number of nitrogens with one attached hydrogen (secondary N) is 1. The lowest BCUT2D eigenvalue weighted by Gasteiger charge is -2.12. The molecule has 0 fully saturated rings. The van der Waals surface area contributed by atoms with Gasteiger partial charge in [0.25, 0.3) is 5.56 Å². The first-order chi connectivity index (χ1) is 8.41. The first-order valence-electron chi connectivity index (χ1n) is 5.39. The van der Waals surface area contributed by atoms with Crippen LogP contribution >= 0.6 is 23.2 Å². The van der Waals surface area contributed by atoms with Crippen molar-refractivity contribution in [3.63, 3.8) is 0 Å². The Morgan fingerprint density at radius 2 is 2.28 bits per heavy atom. The average molecular weight is 291 g/mol. The molecule has 0 aromatic carbocycles. The van der Waals surface area contributed by atoms with Crippen molar-refractivity contribution < 1.29 is 0 Å². The molecule has 1 aromatic heterocycles. The zero-order chi connectivity index (χ0) is 13.7. The van der Waals surface area contributed by atoms with E-state index in [4.69, 9.17) is 23.2 Å². The van der Waals surface area contributed by atoms with Crippen molar-refractivity contribution in [3.05, 3.63) is 33.2 Å². The molecule has 0 aliphatic rings. The van der Waals surface area contributed by atoms with Crippen molar-refractivity contribution in [1.82, 2.24) is 14.7 Å². The summed E-state index contributed by atoms with van der Waals surface area (Å²) < 4.78 is 1.34. The summed E-state index contributed by atoms with van der Waals surface area (Å²) in [4.78, 5) is 13.9. The Balaban J connectivity index is 2.84. The van der Waals surface area contributed by atoms with Crippen LogP contribution in [0.25, 0.3) is 0 Å². The van der Waals surface area contributed by atoms with Gasteiger partial charge in [-0.3, -0.25) is 4.79 Å². The summed E-state index contributed by atoms with van der Waals surface area (Å²) in [5.74, 6) is 0. The van der Waals surface area contributed by atoms with Crippen LogP contribution in [0.15, 0.2) is 22.6 Å². The topological polar surface area (TPSA) is 50.2 Å². The maximum absolute atomic E-state index is 11.9. The summed E-state index contributed by atoms with van der Waals surface area (Å²) in [6.07, 6.45) is 1.51. The molecule has 0 atom stereocenters. The Bertz CT molecular complexity index is 484. The third kappa shape index (κ3) is 4.33. The Hall–Kier alpha value is -1.04. The third-order valence-corrected chi connectivity index (χ3v) is 2.71. The van der Waals surface area contributed by atoms with Gasteiger partial charge in [0.1, 0.15) is 5.02 Å². The molecule has 0 radical (unpaired) electrons. The van der Waals surface area contributed by atoms with Crippen LogP contribution in [0.2, 0.25) is 5.02 Å². The molecular weight excluding hydrogens is 275 g/mol. The summed E-state index contributed by atoms with van der Waals surface area (Å²) in [6.45, 7) is 5.09. The number of hydrogen-bond acceptors (Lipinski definition) is 4. The molecule has 0 saturated carbocycles. The standard InChI is InChI=1S/C11H16Cl2N4O/c1-8(12)6-14-9-7-15-17(5-4-16(2)3)11(18)10(9)13/h7,14H,1,4-6H2,2-3H3. The smallest absolute Gasteiger partial charge is 0.287 e. The number of rotatable bonds is 6. The van der Waals surface area contributed by atoms with Gasteiger partial charge in [-0.2, -0.15) is 5.10 Å². The largest absolute Gasteiger partial charge is 0.377 e. The van der Waals surface area contributed by atoms with Crippen LogP contribution in [-0.4, -0.2) is 41.9 Å². The van der Waals surface area contributed by atoms with Gasteiger partial charge in [0, 0.05) is 11.6 Å². The number of aromatic nitrogens is 2. The van der Waals surface area contributed by atoms with Gasteiger partial charge < -0.3 is 10.2 Å². The Kier molecular flexibility index (Phi) is 5.65. The van der Waals surface area contributed by atoms with Crippen molar-refractivity contribution in [2.45, 2.75) is 6.54 Å². The quantitative estimate of drug-likeness (QED) is 0.865. The minimum atomic E-state index is -0.316. The van der Waals surface area contributed by atoms with Crippen molar-refractivity contribution in [1.29, 1.82) is 0 Å². The van der Waals surface area contributed by atoms with E-state index in [1.54, 1.807) is 0 Å². The highest BCUT2D eigenvalue weighted by Crippen LogP contribution is 2.15. The molecule has 100 valence electrons. The van der Waals surface area contributed by atoms with E-state index >= 15 is 0 Å². The zero-order valence-electron chi connectivity index (χ0n) is 10.4. The van der Waals surface area contributed by atoms with Gasteiger partial charge in [-0.1, -0.05) is 29.8 Å². The molecule has 0 aliphatic carbocycles. The zero-order valence-corrected chi connectivity index (χ0v) is 11.9. The molecule has 1 rings (SSSR count). The fourth-order valence-corrected chi connectivity index (χ4v) is 1.51. The number of anilines is 1. The first-order valence-corrected chi connectivity index (χ1v) is 6.15. The molecule has 1 heterocycles. The molecule has 0 amide bonds. The van der Waals surface area contributed by atoms with Crippen LogP contribution < -0.4 is 10.9 Å². The van der Waals surface area contributed by atoms with Crippen molar-refractivity contribution in [2.24, 2.45) is 0 Å². The normalized spacial score (nSPS) is 10.7. The second-order valence-corrected chi connectivity index (χ2v) is 4.99. The summed E-state index contributed by atoms with van der Waals surface area (Å²) in [6, 6.07) is 0. The van der Waals surface area contributed by atoms with Crippen LogP contribution in [0.1, 0.15) is 0 Å². The predicted octanol–water partition coefficient (Wildman–Crippen LogP) is 1.62. The van der Waals surface area contributed by atoms with Crippen molar-refractivity contribution in [2.75, 3.05) is 32.5 Å².